The molecule has 0 unspecified atom stereocenters. The molecule has 3 nitrogen and oxygen atoms in total. The van der Waals surface area contributed by atoms with Gasteiger partial charge in [0.15, 0.2) is 6.29 Å². The first kappa shape index (κ1) is 9.96. The van der Waals surface area contributed by atoms with Crippen LogP contribution in [0, 0.1) is 6.92 Å². The Balaban J connectivity index is 3.38. The summed E-state index contributed by atoms with van der Waals surface area (Å²) in [6, 6.07) is 0. The van der Waals surface area contributed by atoms with Crippen LogP contribution in [-0.2, 0) is 12.5 Å². The van der Waals surface area contributed by atoms with Crippen molar-refractivity contribution in [1.82, 2.24) is 9.55 Å². The number of imidazole rings is 1. The van der Waals surface area contributed by atoms with Gasteiger partial charge < -0.3 is 4.57 Å². The van der Waals surface area contributed by atoms with Crippen molar-refractivity contribution in [2.75, 3.05) is 0 Å². The Morgan fingerprint density at radius 1 is 1.38 bits per heavy atom. The number of aldehydes is 1. The van der Waals surface area contributed by atoms with Gasteiger partial charge in [0.05, 0.1) is 5.69 Å². The first-order chi connectivity index (χ1) is 5.88. The first-order valence-electron chi connectivity index (χ1n) is 4.37. The van der Waals surface area contributed by atoms with Crippen molar-refractivity contribution in [2.45, 2.75) is 33.1 Å². The average Bonchev–Trinajstić information content (AvgIpc) is 2.28. The minimum absolute atomic E-state index is 0.0672. The number of hydrogen-bond acceptors (Lipinski definition) is 2. The molecule has 0 bridgehead atoms. The molecule has 0 amide bonds. The van der Waals surface area contributed by atoms with Crippen molar-refractivity contribution in [2.24, 2.45) is 7.05 Å². The van der Waals surface area contributed by atoms with Gasteiger partial charge in [0.2, 0.25) is 0 Å². The molecule has 13 heavy (non-hydrogen) atoms. The third kappa shape index (κ3) is 1.64. The van der Waals surface area contributed by atoms with Gasteiger partial charge in [-0.3, -0.25) is 4.79 Å². The Kier molecular flexibility index (Phi) is 2.28. The number of carbonyl (C=O) groups is 1. The van der Waals surface area contributed by atoms with Crippen molar-refractivity contribution in [3.8, 4) is 0 Å². The molecule has 72 valence electrons. The number of aromatic nitrogens is 2. The maximum atomic E-state index is 10.8. The van der Waals surface area contributed by atoms with Crippen molar-refractivity contribution in [3.63, 3.8) is 0 Å². The van der Waals surface area contributed by atoms with Crippen LogP contribution in [-0.4, -0.2) is 15.8 Å². The van der Waals surface area contributed by atoms with Crippen LogP contribution in [0.25, 0.3) is 0 Å². The van der Waals surface area contributed by atoms with E-state index >= 15 is 0 Å². The predicted molar refractivity (Wildman–Crippen MR) is 52.0 cm³/mol. The van der Waals surface area contributed by atoms with Gasteiger partial charge in [0.1, 0.15) is 11.5 Å². The molecule has 0 aromatic carbocycles. The second-order valence-electron chi connectivity index (χ2n) is 4.32. The van der Waals surface area contributed by atoms with E-state index in [1.165, 1.54) is 0 Å². The van der Waals surface area contributed by atoms with E-state index in [9.17, 15) is 4.79 Å². The summed E-state index contributed by atoms with van der Waals surface area (Å²) in [7, 11) is 1.86. The number of hydrogen-bond donors (Lipinski definition) is 0. The lowest BCUT2D eigenvalue weighted by molar-refractivity contribution is 0.111. The molecule has 0 saturated carbocycles. The molecule has 1 aromatic heterocycles. The quantitative estimate of drug-likeness (QED) is 0.618. The van der Waals surface area contributed by atoms with Gasteiger partial charge in [-0.15, -0.1) is 0 Å². The summed E-state index contributed by atoms with van der Waals surface area (Å²) in [4.78, 5) is 15.2. The Hall–Kier alpha value is -1.12. The Labute approximate surface area is 78.8 Å². The van der Waals surface area contributed by atoms with Gasteiger partial charge in [0.25, 0.3) is 0 Å². The molecule has 1 rings (SSSR count). The fraction of sp³-hybridized carbons (Fsp3) is 0.600. The second kappa shape index (κ2) is 2.98. The molecule has 1 heterocycles. The van der Waals surface area contributed by atoms with Crippen LogP contribution in [0.15, 0.2) is 0 Å². The van der Waals surface area contributed by atoms with Gasteiger partial charge >= 0.3 is 0 Å². The summed E-state index contributed by atoms with van der Waals surface area (Å²) in [6.07, 6.45) is 0.876. The lowest BCUT2D eigenvalue weighted by Gasteiger charge is -2.15. The molecular formula is C10H16N2O. The zero-order valence-corrected chi connectivity index (χ0v) is 8.88. The van der Waals surface area contributed by atoms with Crippen LogP contribution < -0.4 is 0 Å². The fourth-order valence-electron chi connectivity index (χ4n) is 1.31. The highest BCUT2D eigenvalue weighted by Gasteiger charge is 2.23. The van der Waals surface area contributed by atoms with Crippen LogP contribution >= 0.6 is 0 Å². The Bertz CT molecular complexity index is 331. The van der Waals surface area contributed by atoms with E-state index in [2.05, 4.69) is 25.8 Å². The summed E-state index contributed by atoms with van der Waals surface area (Å²) in [5.74, 6) is 0.882. The number of aryl methyl sites for hydroxylation is 1. The van der Waals surface area contributed by atoms with Crippen LogP contribution in [0.5, 0.6) is 0 Å². The van der Waals surface area contributed by atoms with Crippen LogP contribution in [0.1, 0.15) is 42.8 Å². The molecule has 0 spiro atoms. The molecule has 1 aromatic rings. The second-order valence-corrected chi connectivity index (χ2v) is 4.32. The molecule has 0 aliphatic rings. The molecular weight excluding hydrogens is 164 g/mol. The molecule has 0 atom stereocenters. The summed E-state index contributed by atoms with van der Waals surface area (Å²) in [5, 5.41) is 0. The zero-order chi connectivity index (χ0) is 10.2. The van der Waals surface area contributed by atoms with E-state index in [0.29, 0.717) is 5.69 Å². The minimum Gasteiger partial charge on any atom is -0.329 e. The maximum Gasteiger partial charge on any atom is 0.168 e. The minimum atomic E-state index is -0.0672. The molecule has 0 fully saturated rings. The van der Waals surface area contributed by atoms with Gasteiger partial charge in [-0.05, 0) is 6.92 Å². The van der Waals surface area contributed by atoms with E-state index in [1.807, 2.05) is 18.5 Å². The largest absolute Gasteiger partial charge is 0.329 e. The normalized spacial score (nSPS) is 11.8. The lowest BCUT2D eigenvalue weighted by atomic mass is 9.91. The van der Waals surface area contributed by atoms with E-state index in [-0.39, 0.29) is 5.41 Å². The summed E-state index contributed by atoms with van der Waals surface area (Å²) < 4.78 is 1.83. The summed E-state index contributed by atoms with van der Waals surface area (Å²) in [5.41, 5.74) is 1.50. The highest BCUT2D eigenvalue weighted by molar-refractivity contribution is 5.75. The number of rotatable bonds is 1. The van der Waals surface area contributed by atoms with Gasteiger partial charge in [0, 0.05) is 12.5 Å². The van der Waals surface area contributed by atoms with E-state index in [1.54, 1.807) is 0 Å². The summed E-state index contributed by atoms with van der Waals surface area (Å²) >= 11 is 0. The van der Waals surface area contributed by atoms with Gasteiger partial charge in [-0.2, -0.15) is 0 Å². The topological polar surface area (TPSA) is 34.9 Å². The van der Waals surface area contributed by atoms with E-state index < -0.39 is 0 Å². The highest BCUT2D eigenvalue weighted by atomic mass is 16.1. The number of carbonyl (C=O) groups excluding carboxylic acids is 1. The van der Waals surface area contributed by atoms with E-state index in [4.69, 9.17) is 0 Å². The van der Waals surface area contributed by atoms with Crippen LogP contribution in [0.4, 0.5) is 0 Å². The predicted octanol–water partition coefficient (Wildman–Crippen LogP) is 1.84. The molecule has 0 radical (unpaired) electrons. The van der Waals surface area contributed by atoms with Crippen LogP contribution in [0.2, 0.25) is 0 Å². The molecule has 0 saturated heterocycles. The molecule has 0 aliphatic heterocycles. The Morgan fingerprint density at radius 3 is 2.23 bits per heavy atom. The smallest absolute Gasteiger partial charge is 0.168 e. The molecule has 0 N–H and O–H groups in total. The van der Waals surface area contributed by atoms with Crippen molar-refractivity contribution in [3.05, 3.63) is 17.2 Å². The first-order valence-corrected chi connectivity index (χ1v) is 4.37. The standard InChI is InChI=1S/C10H16N2O/c1-7-11-9(10(2,3)4)8(6-13)12(7)5/h6H,1-5H3. The monoisotopic (exact) mass is 180 g/mol. The zero-order valence-electron chi connectivity index (χ0n) is 8.88. The SMILES string of the molecule is Cc1nc(C(C)(C)C)c(C=O)n1C. The highest BCUT2D eigenvalue weighted by Crippen LogP contribution is 2.24. The fourth-order valence-corrected chi connectivity index (χ4v) is 1.31. The lowest BCUT2D eigenvalue weighted by Crippen LogP contribution is -2.15. The van der Waals surface area contributed by atoms with Crippen molar-refractivity contribution >= 4 is 6.29 Å². The number of nitrogens with zero attached hydrogens (tertiary/aromatic N) is 2. The Morgan fingerprint density at radius 2 is 1.92 bits per heavy atom. The summed E-state index contributed by atoms with van der Waals surface area (Å²) in [6.45, 7) is 8.08. The van der Waals surface area contributed by atoms with Crippen LogP contribution in [0.3, 0.4) is 0 Å². The third-order valence-corrected chi connectivity index (χ3v) is 2.19. The third-order valence-electron chi connectivity index (χ3n) is 2.19. The van der Waals surface area contributed by atoms with E-state index in [0.717, 1.165) is 17.8 Å². The van der Waals surface area contributed by atoms with Gasteiger partial charge in [-0.25, -0.2) is 4.98 Å². The van der Waals surface area contributed by atoms with Crippen molar-refractivity contribution < 1.29 is 4.79 Å². The van der Waals surface area contributed by atoms with Crippen molar-refractivity contribution in [1.29, 1.82) is 0 Å². The van der Waals surface area contributed by atoms with Gasteiger partial charge in [-0.1, -0.05) is 20.8 Å². The maximum absolute atomic E-state index is 10.8. The molecule has 0 aliphatic carbocycles. The molecule has 3 heteroatoms. The average molecular weight is 180 g/mol.